The maximum Gasteiger partial charge on any atom is 0.306 e. The van der Waals surface area contributed by atoms with Crippen molar-refractivity contribution in [2.45, 2.75) is 123 Å². The molecule has 0 spiro atoms. The Bertz CT molecular complexity index is 335. The van der Waals surface area contributed by atoms with E-state index in [1.165, 1.54) is 38.5 Å². The second-order valence-electron chi connectivity index (χ2n) is 7.24. The molecule has 0 saturated heterocycles. The number of hydrogen-bond acceptors (Lipinski definition) is 4. The minimum Gasteiger partial charge on any atom is -0.466 e. The average molecular weight is 371 g/mol. The van der Waals surface area contributed by atoms with E-state index in [1.54, 1.807) is 0 Å². The van der Waals surface area contributed by atoms with Gasteiger partial charge in [-0.3, -0.25) is 9.59 Å². The average Bonchev–Trinajstić information content (AvgIpc) is 2.60. The van der Waals surface area contributed by atoms with E-state index in [9.17, 15) is 9.59 Å². The smallest absolute Gasteiger partial charge is 0.306 e. The minimum atomic E-state index is -0.195. The van der Waals surface area contributed by atoms with Crippen LogP contribution in [0.5, 0.6) is 0 Å². The van der Waals surface area contributed by atoms with E-state index in [0.29, 0.717) is 25.9 Å². The second kappa shape index (κ2) is 18.7. The van der Waals surface area contributed by atoms with Gasteiger partial charge in [0.2, 0.25) is 0 Å². The van der Waals surface area contributed by atoms with E-state index in [0.717, 1.165) is 38.5 Å². The summed E-state index contributed by atoms with van der Waals surface area (Å²) < 4.78 is 10.7. The molecular weight excluding hydrogens is 328 g/mol. The fourth-order valence-electron chi connectivity index (χ4n) is 3.02. The van der Waals surface area contributed by atoms with Crippen molar-refractivity contribution in [1.29, 1.82) is 0 Å². The molecule has 4 heteroatoms. The monoisotopic (exact) mass is 370 g/mol. The molecule has 4 nitrogen and oxygen atoms in total. The Labute approximate surface area is 161 Å². The van der Waals surface area contributed by atoms with E-state index in [2.05, 4.69) is 20.8 Å². The van der Waals surface area contributed by atoms with Gasteiger partial charge in [-0.1, -0.05) is 78.6 Å². The third-order valence-electron chi connectivity index (χ3n) is 4.54. The molecule has 0 unspecified atom stereocenters. The summed E-state index contributed by atoms with van der Waals surface area (Å²) in [5.41, 5.74) is 0. The SMILES string of the molecule is CCCCCCCCCCOC(=O)CCCC(=O)OC(CCC)CCC. The third-order valence-corrected chi connectivity index (χ3v) is 4.54. The zero-order valence-corrected chi connectivity index (χ0v) is 17.5. The Morgan fingerprint density at radius 3 is 1.77 bits per heavy atom. The molecule has 0 aromatic rings. The molecule has 0 bridgehead atoms. The van der Waals surface area contributed by atoms with Gasteiger partial charge in [0.1, 0.15) is 6.10 Å². The van der Waals surface area contributed by atoms with E-state index in [-0.39, 0.29) is 18.0 Å². The van der Waals surface area contributed by atoms with E-state index in [4.69, 9.17) is 9.47 Å². The molecule has 0 saturated carbocycles. The van der Waals surface area contributed by atoms with Crippen molar-refractivity contribution in [2.24, 2.45) is 0 Å². The molecule has 0 aromatic heterocycles. The molecule has 26 heavy (non-hydrogen) atoms. The van der Waals surface area contributed by atoms with E-state index in [1.807, 2.05) is 0 Å². The lowest BCUT2D eigenvalue weighted by atomic mass is 10.1. The first-order valence-electron chi connectivity index (χ1n) is 11.0. The fraction of sp³-hybridized carbons (Fsp3) is 0.909. The molecule has 0 N–H and O–H groups in total. The normalized spacial score (nSPS) is 10.9. The highest BCUT2D eigenvalue weighted by Gasteiger charge is 2.13. The highest BCUT2D eigenvalue weighted by Crippen LogP contribution is 2.12. The van der Waals surface area contributed by atoms with Crippen LogP contribution in [-0.4, -0.2) is 24.6 Å². The van der Waals surface area contributed by atoms with Crippen LogP contribution in [0.3, 0.4) is 0 Å². The van der Waals surface area contributed by atoms with Crippen molar-refractivity contribution >= 4 is 11.9 Å². The Morgan fingerprint density at radius 2 is 1.19 bits per heavy atom. The van der Waals surface area contributed by atoms with E-state index >= 15 is 0 Å². The molecule has 0 radical (unpaired) electrons. The molecular formula is C22H42O4. The number of ether oxygens (including phenoxy) is 2. The summed E-state index contributed by atoms with van der Waals surface area (Å²) in [5, 5.41) is 0. The van der Waals surface area contributed by atoms with Crippen molar-refractivity contribution in [1.82, 2.24) is 0 Å². The zero-order valence-electron chi connectivity index (χ0n) is 17.5. The highest BCUT2D eigenvalue weighted by atomic mass is 16.5. The van der Waals surface area contributed by atoms with Crippen LogP contribution in [-0.2, 0) is 19.1 Å². The molecule has 0 heterocycles. The highest BCUT2D eigenvalue weighted by molar-refractivity contribution is 5.72. The standard InChI is InChI=1S/C22H42O4/c1-4-7-8-9-10-11-12-13-19-25-21(23)17-14-18-22(24)26-20(15-5-2)16-6-3/h20H,4-19H2,1-3H3. The molecule has 0 amide bonds. The summed E-state index contributed by atoms with van der Waals surface area (Å²) in [6, 6.07) is 0. The Kier molecular flexibility index (Phi) is 18.0. The molecule has 0 aliphatic heterocycles. The lowest BCUT2D eigenvalue weighted by molar-refractivity contribution is -0.150. The summed E-state index contributed by atoms with van der Waals surface area (Å²) in [6.45, 7) is 6.93. The fourth-order valence-corrected chi connectivity index (χ4v) is 3.02. The van der Waals surface area contributed by atoms with Crippen molar-refractivity contribution < 1.29 is 19.1 Å². The summed E-state index contributed by atoms with van der Waals surface area (Å²) in [4.78, 5) is 23.5. The van der Waals surface area contributed by atoms with Gasteiger partial charge < -0.3 is 9.47 Å². The Morgan fingerprint density at radius 1 is 0.654 bits per heavy atom. The van der Waals surface area contributed by atoms with Crippen LogP contribution < -0.4 is 0 Å². The number of unbranched alkanes of at least 4 members (excludes halogenated alkanes) is 7. The number of carbonyl (C=O) groups excluding carboxylic acids is 2. The maximum atomic E-state index is 11.8. The predicted molar refractivity (Wildman–Crippen MR) is 107 cm³/mol. The van der Waals surface area contributed by atoms with Crippen molar-refractivity contribution in [2.75, 3.05) is 6.61 Å². The van der Waals surface area contributed by atoms with Crippen LogP contribution in [0, 0.1) is 0 Å². The number of hydrogen-bond donors (Lipinski definition) is 0. The van der Waals surface area contributed by atoms with Crippen LogP contribution in [0.25, 0.3) is 0 Å². The van der Waals surface area contributed by atoms with Gasteiger partial charge in [-0.25, -0.2) is 0 Å². The second-order valence-corrected chi connectivity index (χ2v) is 7.24. The zero-order chi connectivity index (χ0) is 19.5. The molecule has 0 rings (SSSR count). The summed E-state index contributed by atoms with van der Waals surface area (Å²) in [5.74, 6) is -0.382. The van der Waals surface area contributed by atoms with Crippen LogP contribution in [0.2, 0.25) is 0 Å². The molecule has 0 aliphatic carbocycles. The van der Waals surface area contributed by atoms with Crippen molar-refractivity contribution in [3.05, 3.63) is 0 Å². The topological polar surface area (TPSA) is 52.6 Å². The molecule has 0 atom stereocenters. The molecule has 0 fully saturated rings. The van der Waals surface area contributed by atoms with Gasteiger partial charge in [-0.15, -0.1) is 0 Å². The maximum absolute atomic E-state index is 11.8. The summed E-state index contributed by atoms with van der Waals surface area (Å²) >= 11 is 0. The van der Waals surface area contributed by atoms with Crippen molar-refractivity contribution in [3.63, 3.8) is 0 Å². The van der Waals surface area contributed by atoms with Crippen LogP contribution >= 0.6 is 0 Å². The predicted octanol–water partition coefficient (Wildman–Crippen LogP) is 6.35. The number of rotatable bonds is 18. The van der Waals surface area contributed by atoms with Crippen LogP contribution in [0.1, 0.15) is 117 Å². The van der Waals surface area contributed by atoms with Gasteiger partial charge >= 0.3 is 11.9 Å². The van der Waals surface area contributed by atoms with Gasteiger partial charge in [0.05, 0.1) is 6.61 Å². The van der Waals surface area contributed by atoms with Gasteiger partial charge in [-0.05, 0) is 25.7 Å². The summed E-state index contributed by atoms with van der Waals surface area (Å²) in [6.07, 6.45) is 14.9. The summed E-state index contributed by atoms with van der Waals surface area (Å²) in [7, 11) is 0. The lowest BCUT2D eigenvalue weighted by Crippen LogP contribution is -2.18. The first kappa shape index (κ1) is 24.9. The minimum absolute atomic E-state index is 0.0337. The quantitative estimate of drug-likeness (QED) is 0.208. The van der Waals surface area contributed by atoms with Crippen LogP contribution in [0.4, 0.5) is 0 Å². The van der Waals surface area contributed by atoms with Crippen LogP contribution in [0.15, 0.2) is 0 Å². The Hall–Kier alpha value is -1.06. The van der Waals surface area contributed by atoms with Gasteiger partial charge in [0.25, 0.3) is 0 Å². The Balaban J connectivity index is 3.54. The number of carbonyl (C=O) groups is 2. The largest absolute Gasteiger partial charge is 0.466 e. The van der Waals surface area contributed by atoms with Gasteiger partial charge in [0, 0.05) is 12.8 Å². The van der Waals surface area contributed by atoms with Gasteiger partial charge in [0.15, 0.2) is 0 Å². The molecule has 154 valence electrons. The number of esters is 2. The third kappa shape index (κ3) is 16.4. The van der Waals surface area contributed by atoms with Gasteiger partial charge in [-0.2, -0.15) is 0 Å². The first-order chi connectivity index (χ1) is 12.6. The molecule has 0 aromatic carbocycles. The molecule has 0 aliphatic rings. The van der Waals surface area contributed by atoms with E-state index < -0.39 is 0 Å². The van der Waals surface area contributed by atoms with Crippen molar-refractivity contribution in [3.8, 4) is 0 Å². The first-order valence-corrected chi connectivity index (χ1v) is 11.0. The lowest BCUT2D eigenvalue weighted by Gasteiger charge is -2.16.